The highest BCUT2D eigenvalue weighted by Crippen LogP contribution is 2.52. The van der Waals surface area contributed by atoms with Crippen LogP contribution in [0.15, 0.2) is 0 Å². The van der Waals surface area contributed by atoms with Crippen LogP contribution in [-0.2, 0) is 0 Å². The molecule has 2 heterocycles. The van der Waals surface area contributed by atoms with Crippen molar-refractivity contribution < 1.29 is 0 Å². The molecule has 2 nitrogen and oxygen atoms in total. The molecule has 130 valence electrons. The molecular formula is C20H40N2. The molecule has 0 radical (unpaired) electrons. The Morgan fingerprint density at radius 3 is 2.23 bits per heavy atom. The highest BCUT2D eigenvalue weighted by atomic mass is 15.2. The Labute approximate surface area is 139 Å². The van der Waals surface area contributed by atoms with E-state index in [0.29, 0.717) is 16.5 Å². The third-order valence-electron chi connectivity index (χ3n) is 7.33. The minimum atomic E-state index is 0.304. The van der Waals surface area contributed by atoms with E-state index in [4.69, 9.17) is 0 Å². The molecule has 4 atom stereocenters. The molecular weight excluding hydrogens is 268 g/mol. The maximum absolute atomic E-state index is 2.75. The van der Waals surface area contributed by atoms with E-state index >= 15 is 0 Å². The van der Waals surface area contributed by atoms with Crippen molar-refractivity contribution in [1.29, 1.82) is 0 Å². The lowest BCUT2D eigenvalue weighted by Crippen LogP contribution is -2.49. The van der Waals surface area contributed by atoms with Gasteiger partial charge < -0.3 is 4.90 Å². The van der Waals surface area contributed by atoms with Crippen LogP contribution >= 0.6 is 0 Å². The Balaban J connectivity index is 2.28. The fourth-order valence-corrected chi connectivity index (χ4v) is 6.06. The first-order chi connectivity index (χ1) is 9.94. The van der Waals surface area contributed by atoms with Gasteiger partial charge in [-0.05, 0) is 76.9 Å². The van der Waals surface area contributed by atoms with E-state index in [9.17, 15) is 0 Å². The van der Waals surface area contributed by atoms with Crippen molar-refractivity contribution in [2.45, 2.75) is 79.3 Å². The molecule has 3 unspecified atom stereocenters. The Morgan fingerprint density at radius 1 is 1.14 bits per heavy atom. The van der Waals surface area contributed by atoms with Crippen LogP contribution in [-0.4, -0.2) is 47.6 Å². The lowest BCUT2D eigenvalue weighted by atomic mass is 9.63. The normalized spacial score (nSPS) is 40.5. The predicted octanol–water partition coefficient (Wildman–Crippen LogP) is 4.50. The molecule has 2 aliphatic heterocycles. The van der Waals surface area contributed by atoms with Gasteiger partial charge in [0.1, 0.15) is 0 Å². The third-order valence-corrected chi connectivity index (χ3v) is 7.33. The van der Waals surface area contributed by atoms with Gasteiger partial charge in [0, 0.05) is 17.6 Å². The van der Waals surface area contributed by atoms with Crippen LogP contribution in [0.4, 0.5) is 0 Å². The van der Waals surface area contributed by atoms with Crippen LogP contribution in [0.3, 0.4) is 0 Å². The van der Waals surface area contributed by atoms with Gasteiger partial charge in [-0.2, -0.15) is 0 Å². The summed E-state index contributed by atoms with van der Waals surface area (Å²) in [5.74, 6) is 2.38. The van der Waals surface area contributed by atoms with Gasteiger partial charge in [-0.1, -0.05) is 34.6 Å². The summed E-state index contributed by atoms with van der Waals surface area (Å²) in [4.78, 5) is 5.37. The molecule has 2 rings (SSSR count). The summed E-state index contributed by atoms with van der Waals surface area (Å²) < 4.78 is 0. The standard InChI is InChI=1S/C20H40N2/c1-10-22-12-11-15(2)20(22,8)13-16-14-21(9)19(6,7)17(16)18(3,4)5/h15-17H,10-14H2,1-9H3/t15-,16?,17?,20?/m1/s1. The first kappa shape index (κ1) is 18.3. The number of rotatable bonds is 3. The van der Waals surface area contributed by atoms with Crippen LogP contribution in [0.5, 0.6) is 0 Å². The monoisotopic (exact) mass is 308 g/mol. The minimum absolute atomic E-state index is 0.304. The third kappa shape index (κ3) is 2.86. The average Bonchev–Trinajstić information content (AvgIpc) is 2.74. The fourth-order valence-electron chi connectivity index (χ4n) is 6.06. The van der Waals surface area contributed by atoms with Gasteiger partial charge in [0.2, 0.25) is 0 Å². The van der Waals surface area contributed by atoms with Gasteiger partial charge in [-0.25, -0.2) is 0 Å². The molecule has 0 spiro atoms. The molecule has 0 bridgehead atoms. The van der Waals surface area contributed by atoms with E-state index in [1.54, 1.807) is 0 Å². The number of hydrogen-bond acceptors (Lipinski definition) is 2. The first-order valence-corrected chi connectivity index (χ1v) is 9.41. The van der Waals surface area contributed by atoms with Gasteiger partial charge in [0.15, 0.2) is 0 Å². The smallest absolute Gasteiger partial charge is 0.0210 e. The highest BCUT2D eigenvalue weighted by molar-refractivity contribution is 5.07. The Morgan fingerprint density at radius 2 is 1.73 bits per heavy atom. The second-order valence-electron chi connectivity index (χ2n) is 9.97. The van der Waals surface area contributed by atoms with Crippen molar-refractivity contribution in [2.75, 3.05) is 26.7 Å². The van der Waals surface area contributed by atoms with Crippen LogP contribution in [0.1, 0.15) is 68.2 Å². The van der Waals surface area contributed by atoms with Crippen molar-refractivity contribution in [3.05, 3.63) is 0 Å². The van der Waals surface area contributed by atoms with E-state index in [1.807, 2.05) is 0 Å². The summed E-state index contributed by atoms with van der Waals surface area (Å²) in [6.07, 6.45) is 2.73. The van der Waals surface area contributed by atoms with Crippen molar-refractivity contribution >= 4 is 0 Å². The van der Waals surface area contributed by atoms with E-state index in [-0.39, 0.29) is 0 Å². The summed E-state index contributed by atoms with van der Waals surface area (Å²) >= 11 is 0. The number of hydrogen-bond donors (Lipinski definition) is 0. The number of nitrogens with zero attached hydrogens (tertiary/aromatic N) is 2. The van der Waals surface area contributed by atoms with E-state index in [0.717, 1.165) is 17.8 Å². The Hall–Kier alpha value is -0.0800. The van der Waals surface area contributed by atoms with Gasteiger partial charge in [-0.15, -0.1) is 0 Å². The van der Waals surface area contributed by atoms with E-state index < -0.39 is 0 Å². The quantitative estimate of drug-likeness (QED) is 0.757. The largest absolute Gasteiger partial charge is 0.301 e. The zero-order valence-electron chi connectivity index (χ0n) is 16.7. The van der Waals surface area contributed by atoms with Crippen molar-refractivity contribution in [3.8, 4) is 0 Å². The maximum atomic E-state index is 2.75. The summed E-state index contributed by atoms with van der Waals surface area (Å²) in [6, 6.07) is 0. The SMILES string of the molecule is CCN1CC[C@@H](C)C1(C)CC1CN(C)C(C)(C)C1C(C)(C)C. The van der Waals surface area contributed by atoms with Crippen molar-refractivity contribution in [1.82, 2.24) is 9.80 Å². The molecule has 0 aromatic heterocycles. The maximum Gasteiger partial charge on any atom is 0.0210 e. The average molecular weight is 309 g/mol. The second kappa shape index (κ2) is 5.77. The van der Waals surface area contributed by atoms with Crippen molar-refractivity contribution in [3.63, 3.8) is 0 Å². The highest BCUT2D eigenvalue weighted by Gasteiger charge is 2.54. The van der Waals surface area contributed by atoms with Gasteiger partial charge in [0.25, 0.3) is 0 Å². The molecule has 2 heteroatoms. The summed E-state index contributed by atoms with van der Waals surface area (Å²) in [7, 11) is 2.33. The zero-order valence-corrected chi connectivity index (χ0v) is 16.7. The van der Waals surface area contributed by atoms with Crippen LogP contribution in [0.2, 0.25) is 0 Å². The molecule has 0 aliphatic carbocycles. The van der Waals surface area contributed by atoms with Crippen LogP contribution < -0.4 is 0 Å². The molecule has 0 N–H and O–H groups in total. The Bertz CT molecular complexity index is 395. The molecule has 0 amide bonds. The first-order valence-electron chi connectivity index (χ1n) is 9.41. The Kier molecular flexibility index (Phi) is 4.79. The summed E-state index contributed by atoms with van der Waals surface area (Å²) in [5.41, 5.74) is 1.07. The van der Waals surface area contributed by atoms with E-state index in [1.165, 1.54) is 32.5 Å². The molecule has 0 aromatic carbocycles. The summed E-state index contributed by atoms with van der Waals surface area (Å²) in [5, 5.41) is 0. The number of likely N-dealkylation sites (tertiary alicyclic amines) is 2. The van der Waals surface area contributed by atoms with Crippen LogP contribution in [0, 0.1) is 23.2 Å². The topological polar surface area (TPSA) is 6.48 Å². The molecule has 0 aromatic rings. The van der Waals surface area contributed by atoms with Gasteiger partial charge in [-0.3, -0.25) is 4.90 Å². The van der Waals surface area contributed by atoms with Gasteiger partial charge >= 0.3 is 0 Å². The van der Waals surface area contributed by atoms with Crippen molar-refractivity contribution in [2.24, 2.45) is 23.2 Å². The minimum Gasteiger partial charge on any atom is -0.301 e. The summed E-state index contributed by atoms with van der Waals surface area (Å²) in [6.45, 7) is 23.4. The lowest BCUT2D eigenvalue weighted by molar-refractivity contribution is 0.0478. The predicted molar refractivity (Wildman–Crippen MR) is 97.2 cm³/mol. The van der Waals surface area contributed by atoms with E-state index in [2.05, 4.69) is 72.2 Å². The lowest BCUT2D eigenvalue weighted by Gasteiger charge is -2.46. The molecule has 2 aliphatic rings. The molecule has 0 saturated carbocycles. The van der Waals surface area contributed by atoms with Gasteiger partial charge in [0.05, 0.1) is 0 Å². The second-order valence-corrected chi connectivity index (χ2v) is 9.97. The molecule has 22 heavy (non-hydrogen) atoms. The molecule has 2 saturated heterocycles. The van der Waals surface area contributed by atoms with Crippen LogP contribution in [0.25, 0.3) is 0 Å². The molecule has 2 fully saturated rings. The fraction of sp³-hybridized carbons (Fsp3) is 1.00. The zero-order chi connectivity index (χ0) is 16.9.